The van der Waals surface area contributed by atoms with Gasteiger partial charge in [-0.25, -0.2) is 0 Å². The molecule has 0 atom stereocenters. The predicted molar refractivity (Wildman–Crippen MR) is 96.9 cm³/mol. The highest BCUT2D eigenvalue weighted by molar-refractivity contribution is 6.62. The van der Waals surface area contributed by atoms with E-state index in [1.165, 1.54) is 0 Å². The number of hydrogen-bond acceptors (Lipinski definition) is 4. The molecule has 0 aromatic heterocycles. The molecule has 0 radical (unpaired) electrons. The van der Waals surface area contributed by atoms with E-state index in [1.54, 1.807) is 27.7 Å². The summed E-state index contributed by atoms with van der Waals surface area (Å²) in [4.78, 5) is -0.528. The van der Waals surface area contributed by atoms with Gasteiger partial charge in [-0.15, -0.1) is 0 Å². The first-order chi connectivity index (χ1) is 16.1. The van der Waals surface area contributed by atoms with Crippen molar-refractivity contribution >= 4 is 18.3 Å². The third-order valence-electron chi connectivity index (χ3n) is 4.65. The van der Waals surface area contributed by atoms with Crippen LogP contribution in [0.1, 0.15) is 48.3 Å². The minimum absolute atomic E-state index is 0.0167. The second-order valence-electron chi connectivity index (χ2n) is 6.98. The summed E-state index contributed by atoms with van der Waals surface area (Å²) >= 11 is 0. The Morgan fingerprint density at radius 2 is 1.65 bits per heavy atom. The molecule has 0 amide bonds. The Labute approximate surface area is 168 Å². The van der Waals surface area contributed by atoms with Crippen molar-refractivity contribution < 1.29 is 37.6 Å². The van der Waals surface area contributed by atoms with Gasteiger partial charge in [0.25, 0.3) is 0 Å². The molecule has 144 valence electrons. The van der Waals surface area contributed by atoms with Crippen LogP contribution in [0.25, 0.3) is 0 Å². The molecule has 3 rings (SSSR count). The summed E-state index contributed by atoms with van der Waals surface area (Å²) in [6.07, 6.45) is -4.95. The largest absolute Gasteiger partial charge is 0.495 e. The first kappa shape index (κ1) is 9.80. The highest BCUT2D eigenvalue weighted by atomic mass is 19.4. The summed E-state index contributed by atoms with van der Waals surface area (Å²) in [7, 11) is -1.64. The van der Waals surface area contributed by atoms with Gasteiger partial charge in [0.05, 0.1) is 22.2 Å². The quantitative estimate of drug-likeness (QED) is 0.736. The van der Waals surface area contributed by atoms with Crippen LogP contribution >= 0.6 is 0 Å². The van der Waals surface area contributed by atoms with Gasteiger partial charge in [0, 0.05) is 41.3 Å². The Morgan fingerprint density at radius 1 is 1.08 bits per heavy atom. The number of rotatable bonds is 2. The lowest BCUT2D eigenvalue weighted by molar-refractivity contribution is -0.136. The number of halogens is 3. The zero-order valence-electron chi connectivity index (χ0n) is 25.7. The van der Waals surface area contributed by atoms with Crippen molar-refractivity contribution in [2.45, 2.75) is 45.1 Å². The molecule has 1 aromatic carbocycles. The predicted octanol–water partition coefficient (Wildman–Crippen LogP) is 2.76. The molecule has 0 spiro atoms. The SMILES string of the molecule is [2H]C([2H])([2H])N1C([2H])([2H])C([2H])([2H])N(c2ccc(C(F)(F)F)c(B3OC(C)(C)C(C)(C)O3)c2)C([2H])([2H])C1([2H])[2H]. The van der Waals surface area contributed by atoms with Crippen molar-refractivity contribution in [3.63, 3.8) is 0 Å². The average molecular weight is 381 g/mol. The van der Waals surface area contributed by atoms with Crippen molar-refractivity contribution in [1.82, 2.24) is 4.90 Å². The molecule has 2 saturated heterocycles. The molecule has 2 fully saturated rings. The first-order valence-corrected chi connectivity index (χ1v) is 7.81. The molecule has 26 heavy (non-hydrogen) atoms. The van der Waals surface area contributed by atoms with Gasteiger partial charge in [-0.2, -0.15) is 13.2 Å². The number of piperazine rings is 1. The van der Waals surface area contributed by atoms with E-state index < -0.39 is 79.1 Å². The van der Waals surface area contributed by atoms with E-state index in [-0.39, 0.29) is 4.90 Å². The molecule has 0 aliphatic carbocycles. The highest BCUT2D eigenvalue weighted by Crippen LogP contribution is 2.38. The number of nitrogens with zero attached hydrogens (tertiary/aromatic N) is 2. The van der Waals surface area contributed by atoms with Crippen LogP contribution in [0.3, 0.4) is 0 Å². The fourth-order valence-corrected chi connectivity index (χ4v) is 2.50. The number of anilines is 1. The molecule has 0 saturated carbocycles. The smallest absolute Gasteiger partial charge is 0.399 e. The van der Waals surface area contributed by atoms with Crippen molar-refractivity contribution in [2.24, 2.45) is 0 Å². The van der Waals surface area contributed by atoms with Crippen LogP contribution < -0.4 is 10.4 Å². The van der Waals surface area contributed by atoms with E-state index in [0.29, 0.717) is 18.2 Å². The Hall–Kier alpha value is -1.25. The van der Waals surface area contributed by atoms with Gasteiger partial charge < -0.3 is 19.1 Å². The van der Waals surface area contributed by atoms with Crippen molar-refractivity contribution in [2.75, 3.05) is 37.9 Å². The lowest BCUT2D eigenvalue weighted by Crippen LogP contribution is -2.45. The Bertz CT molecular complexity index is 1040. The van der Waals surface area contributed by atoms with Gasteiger partial charge >= 0.3 is 13.3 Å². The molecule has 0 N–H and O–H groups in total. The van der Waals surface area contributed by atoms with E-state index in [1.807, 2.05) is 0 Å². The number of likely N-dealkylation sites (N-methyl/N-ethyl adjacent to an activating group) is 1. The Balaban J connectivity index is 2.29. The van der Waals surface area contributed by atoms with E-state index in [2.05, 4.69) is 0 Å². The van der Waals surface area contributed by atoms with Gasteiger partial charge in [0.2, 0.25) is 0 Å². The van der Waals surface area contributed by atoms with Gasteiger partial charge in [0.15, 0.2) is 0 Å². The highest BCUT2D eigenvalue weighted by Gasteiger charge is 2.53. The van der Waals surface area contributed by atoms with Crippen molar-refractivity contribution in [3.8, 4) is 0 Å². The Morgan fingerprint density at radius 3 is 2.15 bits per heavy atom. The zero-order chi connectivity index (χ0) is 29.0. The van der Waals surface area contributed by atoms with E-state index in [4.69, 9.17) is 24.4 Å². The third-order valence-corrected chi connectivity index (χ3v) is 4.65. The van der Waals surface area contributed by atoms with Gasteiger partial charge in [-0.3, -0.25) is 0 Å². The summed E-state index contributed by atoms with van der Waals surface area (Å²) < 4.78 is 142. The van der Waals surface area contributed by atoms with Crippen molar-refractivity contribution in [1.29, 1.82) is 0 Å². The molecular weight excluding hydrogens is 344 g/mol. The van der Waals surface area contributed by atoms with Crippen LogP contribution in [0, 0.1) is 0 Å². The molecule has 8 heteroatoms. The summed E-state index contributed by atoms with van der Waals surface area (Å²) in [5.41, 5.74) is -4.77. The molecular formula is C18H26BF3N2O2. The second-order valence-corrected chi connectivity index (χ2v) is 6.98. The van der Waals surface area contributed by atoms with Crippen LogP contribution in [-0.2, 0) is 15.5 Å². The van der Waals surface area contributed by atoms with E-state index in [0.717, 1.165) is 0 Å². The first-order valence-electron chi connectivity index (χ1n) is 13.3. The fraction of sp³-hybridized carbons (Fsp3) is 0.667. The fourth-order valence-electron chi connectivity index (χ4n) is 2.50. The van der Waals surface area contributed by atoms with Crippen molar-refractivity contribution in [3.05, 3.63) is 23.8 Å². The molecule has 2 aliphatic rings. The minimum atomic E-state index is -4.95. The van der Waals surface area contributed by atoms with Crippen LogP contribution in [0.15, 0.2) is 18.2 Å². The van der Waals surface area contributed by atoms with Gasteiger partial charge in [-0.05, 0) is 58.3 Å². The third kappa shape index (κ3) is 3.59. The number of hydrogen-bond donors (Lipinski definition) is 0. The molecule has 0 bridgehead atoms. The van der Waals surface area contributed by atoms with Gasteiger partial charge in [0.1, 0.15) is 0 Å². The summed E-state index contributed by atoms with van der Waals surface area (Å²) in [5.74, 6) is 0. The molecule has 0 unspecified atom stereocenters. The van der Waals surface area contributed by atoms with Gasteiger partial charge in [-0.1, -0.05) is 0 Å². The number of benzene rings is 1. The second kappa shape index (κ2) is 6.42. The van der Waals surface area contributed by atoms with Crippen LogP contribution in [-0.4, -0.2) is 56.2 Å². The lowest BCUT2D eigenvalue weighted by atomic mass is 9.75. The summed E-state index contributed by atoms with van der Waals surface area (Å²) in [5, 5.41) is 0. The summed E-state index contributed by atoms with van der Waals surface area (Å²) in [6, 6.07) is 1.85. The minimum Gasteiger partial charge on any atom is -0.399 e. The van der Waals surface area contributed by atoms with Crippen LogP contribution in [0.2, 0.25) is 0 Å². The standard InChI is InChI=1S/C18H26BF3N2O2/c1-16(2)17(3,4)26-19(25-16)15-12-13(6-7-14(15)18(20,21)22)24-10-8-23(5)9-11-24/h6-7,12H,8-11H2,1-5H3/i5D3,8D2,9D2,10D2,11D2. The molecule has 2 aliphatic heterocycles. The molecule has 2 heterocycles. The molecule has 4 nitrogen and oxygen atoms in total. The zero-order valence-corrected chi connectivity index (χ0v) is 14.7. The average Bonchev–Trinajstić information content (AvgIpc) is 2.85. The van der Waals surface area contributed by atoms with E-state index in [9.17, 15) is 13.2 Å². The van der Waals surface area contributed by atoms with Crippen LogP contribution in [0.5, 0.6) is 0 Å². The maximum Gasteiger partial charge on any atom is 0.495 e. The Kier molecular flexibility index (Phi) is 2.42. The van der Waals surface area contributed by atoms with Crippen LogP contribution in [0.4, 0.5) is 18.9 Å². The maximum atomic E-state index is 13.9. The monoisotopic (exact) mass is 381 g/mol. The number of alkyl halides is 3. The normalized spacial score (nSPS) is 38.0. The summed E-state index contributed by atoms with van der Waals surface area (Å²) in [6.45, 7) is -11.8. The topological polar surface area (TPSA) is 24.9 Å². The maximum absolute atomic E-state index is 13.9. The van der Waals surface area contributed by atoms with E-state index >= 15 is 0 Å². The lowest BCUT2D eigenvalue weighted by Gasteiger charge is -2.34. The molecule has 1 aromatic rings.